The van der Waals surface area contributed by atoms with Gasteiger partial charge in [0.05, 0.1) is 17.3 Å². The summed E-state index contributed by atoms with van der Waals surface area (Å²) in [4.78, 5) is 2.21. The summed E-state index contributed by atoms with van der Waals surface area (Å²) in [5.41, 5.74) is 5.94. The van der Waals surface area contributed by atoms with Crippen molar-refractivity contribution in [3.8, 4) is 6.07 Å². The van der Waals surface area contributed by atoms with Gasteiger partial charge in [0, 0.05) is 14.1 Å². The van der Waals surface area contributed by atoms with E-state index in [0.29, 0.717) is 5.56 Å². The number of rotatable bonds is 3. The van der Waals surface area contributed by atoms with Crippen molar-refractivity contribution in [1.82, 2.24) is 9.84 Å². The van der Waals surface area contributed by atoms with Gasteiger partial charge in [0.2, 0.25) is 0 Å². The number of nitrogens with zero attached hydrogens (tertiary/aromatic N) is 2. The van der Waals surface area contributed by atoms with E-state index >= 15 is 0 Å². The zero-order chi connectivity index (χ0) is 12.3. The van der Waals surface area contributed by atoms with Crippen molar-refractivity contribution in [2.75, 3.05) is 19.8 Å². The second-order valence-corrected chi connectivity index (χ2v) is 4.98. The van der Waals surface area contributed by atoms with Crippen LogP contribution in [0.3, 0.4) is 0 Å². The average molecular weight is 240 g/mol. The van der Waals surface area contributed by atoms with Gasteiger partial charge in [0.1, 0.15) is 4.90 Å². The SMILES string of the molecule is CN(C)NS(=O)(=O)c1ccc(C#N)cc1N. The van der Waals surface area contributed by atoms with Crippen molar-refractivity contribution in [2.45, 2.75) is 4.90 Å². The highest BCUT2D eigenvalue weighted by Crippen LogP contribution is 2.19. The highest BCUT2D eigenvalue weighted by Gasteiger charge is 2.18. The highest BCUT2D eigenvalue weighted by molar-refractivity contribution is 7.89. The van der Waals surface area contributed by atoms with Gasteiger partial charge in [-0.2, -0.15) is 5.26 Å². The normalized spacial score (nSPS) is 11.4. The molecule has 0 spiro atoms. The number of nitrogens with two attached hydrogens (primary N) is 1. The number of nitrogens with one attached hydrogen (secondary N) is 1. The zero-order valence-corrected chi connectivity index (χ0v) is 9.75. The maximum Gasteiger partial charge on any atom is 0.255 e. The Balaban J connectivity index is 3.20. The molecule has 0 radical (unpaired) electrons. The summed E-state index contributed by atoms with van der Waals surface area (Å²) in [6.45, 7) is 0. The van der Waals surface area contributed by atoms with Crippen LogP contribution < -0.4 is 10.6 Å². The Morgan fingerprint density at radius 2 is 2.06 bits per heavy atom. The first-order valence-electron chi connectivity index (χ1n) is 4.36. The second kappa shape index (κ2) is 4.49. The predicted octanol–water partition coefficient (Wildman–Crippen LogP) is -0.105. The van der Waals surface area contributed by atoms with Crippen LogP contribution in [-0.4, -0.2) is 27.5 Å². The molecular formula is C9H12N4O2S. The molecule has 7 heteroatoms. The molecule has 0 bridgehead atoms. The molecule has 0 unspecified atom stereocenters. The van der Waals surface area contributed by atoms with Crippen LogP contribution >= 0.6 is 0 Å². The van der Waals surface area contributed by atoms with Crippen LogP contribution in [0.4, 0.5) is 5.69 Å². The fourth-order valence-electron chi connectivity index (χ4n) is 1.15. The monoisotopic (exact) mass is 240 g/mol. The summed E-state index contributed by atoms with van der Waals surface area (Å²) in [6.07, 6.45) is 0. The molecule has 1 aromatic carbocycles. The van der Waals surface area contributed by atoms with Gasteiger partial charge in [0.25, 0.3) is 10.0 Å². The Kier molecular flexibility index (Phi) is 3.49. The van der Waals surface area contributed by atoms with E-state index in [0.717, 1.165) is 0 Å². The third kappa shape index (κ3) is 2.70. The molecule has 0 heterocycles. The quantitative estimate of drug-likeness (QED) is 0.567. The van der Waals surface area contributed by atoms with Crippen molar-refractivity contribution in [3.63, 3.8) is 0 Å². The summed E-state index contributed by atoms with van der Waals surface area (Å²) < 4.78 is 23.5. The fraction of sp³-hybridized carbons (Fsp3) is 0.222. The molecule has 0 amide bonds. The number of hydrazine groups is 1. The minimum atomic E-state index is -3.67. The van der Waals surface area contributed by atoms with Crippen molar-refractivity contribution < 1.29 is 8.42 Å². The Morgan fingerprint density at radius 1 is 1.44 bits per heavy atom. The lowest BCUT2D eigenvalue weighted by Gasteiger charge is -2.13. The van der Waals surface area contributed by atoms with E-state index < -0.39 is 10.0 Å². The van der Waals surface area contributed by atoms with E-state index in [2.05, 4.69) is 4.83 Å². The first-order valence-corrected chi connectivity index (χ1v) is 5.84. The summed E-state index contributed by atoms with van der Waals surface area (Å²) in [6, 6.07) is 5.91. The molecule has 0 aliphatic rings. The third-order valence-electron chi connectivity index (χ3n) is 1.73. The van der Waals surface area contributed by atoms with Gasteiger partial charge in [-0.1, -0.05) is 0 Å². The van der Waals surface area contributed by atoms with Gasteiger partial charge in [-0.15, -0.1) is 4.83 Å². The van der Waals surface area contributed by atoms with E-state index in [1.54, 1.807) is 14.1 Å². The third-order valence-corrected chi connectivity index (χ3v) is 3.29. The largest absolute Gasteiger partial charge is 0.398 e. The number of hydrogen-bond donors (Lipinski definition) is 2. The van der Waals surface area contributed by atoms with E-state index in [1.165, 1.54) is 23.2 Å². The van der Waals surface area contributed by atoms with Gasteiger partial charge in [0.15, 0.2) is 0 Å². The minimum absolute atomic E-state index is 0.0415. The molecule has 0 fully saturated rings. The summed E-state index contributed by atoms with van der Waals surface area (Å²) in [5, 5.41) is 9.92. The maximum absolute atomic E-state index is 11.7. The molecule has 0 saturated heterocycles. The molecule has 3 N–H and O–H groups in total. The molecule has 0 saturated carbocycles. The van der Waals surface area contributed by atoms with Crippen LogP contribution in [0, 0.1) is 11.3 Å². The summed E-state index contributed by atoms with van der Waals surface area (Å²) in [7, 11) is -0.568. The lowest BCUT2D eigenvalue weighted by atomic mass is 10.2. The van der Waals surface area contributed by atoms with Gasteiger partial charge >= 0.3 is 0 Å². The number of benzene rings is 1. The van der Waals surface area contributed by atoms with E-state index in [1.807, 2.05) is 6.07 Å². The van der Waals surface area contributed by atoms with Gasteiger partial charge in [-0.3, -0.25) is 0 Å². The molecule has 86 valence electrons. The van der Waals surface area contributed by atoms with E-state index in [9.17, 15) is 8.42 Å². The first kappa shape index (κ1) is 12.4. The molecular weight excluding hydrogens is 228 g/mol. The lowest BCUT2D eigenvalue weighted by molar-refractivity contribution is 0.364. The first-order chi connectivity index (χ1) is 7.36. The molecule has 0 atom stereocenters. The van der Waals surface area contributed by atoms with Crippen LogP contribution in [0.15, 0.2) is 23.1 Å². The molecule has 0 aliphatic heterocycles. The molecule has 1 aromatic rings. The van der Waals surface area contributed by atoms with Gasteiger partial charge < -0.3 is 5.73 Å². The number of nitrogen functional groups attached to an aromatic ring is 1. The minimum Gasteiger partial charge on any atom is -0.398 e. The lowest BCUT2D eigenvalue weighted by Crippen LogP contribution is -2.36. The van der Waals surface area contributed by atoms with Crippen molar-refractivity contribution in [2.24, 2.45) is 0 Å². The van der Waals surface area contributed by atoms with Crippen LogP contribution in [0.25, 0.3) is 0 Å². The molecule has 0 aliphatic carbocycles. The average Bonchev–Trinajstić information content (AvgIpc) is 2.14. The Bertz CT molecular complexity index is 531. The Morgan fingerprint density at radius 3 is 2.50 bits per heavy atom. The molecule has 1 rings (SSSR count). The van der Waals surface area contributed by atoms with Crippen molar-refractivity contribution >= 4 is 15.7 Å². The Hall–Kier alpha value is -1.62. The summed E-state index contributed by atoms with van der Waals surface area (Å²) >= 11 is 0. The van der Waals surface area contributed by atoms with E-state index in [4.69, 9.17) is 11.0 Å². The fourth-order valence-corrected chi connectivity index (χ4v) is 2.35. The predicted molar refractivity (Wildman–Crippen MR) is 59.6 cm³/mol. The van der Waals surface area contributed by atoms with Crippen molar-refractivity contribution in [1.29, 1.82) is 5.26 Å². The number of anilines is 1. The van der Waals surface area contributed by atoms with Crippen LogP contribution in [0.1, 0.15) is 5.56 Å². The van der Waals surface area contributed by atoms with Crippen LogP contribution in [0.5, 0.6) is 0 Å². The van der Waals surface area contributed by atoms with Crippen LogP contribution in [0.2, 0.25) is 0 Å². The standard InChI is InChI=1S/C9H12N4O2S/c1-13(2)12-16(14,15)9-4-3-7(6-10)5-8(9)11/h3-5,12H,11H2,1-2H3. The molecule has 6 nitrogen and oxygen atoms in total. The number of sulfonamides is 1. The highest BCUT2D eigenvalue weighted by atomic mass is 32.2. The second-order valence-electron chi connectivity index (χ2n) is 3.35. The zero-order valence-electron chi connectivity index (χ0n) is 8.93. The van der Waals surface area contributed by atoms with Gasteiger partial charge in [-0.05, 0) is 18.2 Å². The topological polar surface area (TPSA) is 99.2 Å². The number of nitriles is 1. The van der Waals surface area contributed by atoms with Crippen molar-refractivity contribution in [3.05, 3.63) is 23.8 Å². The summed E-state index contributed by atoms with van der Waals surface area (Å²) in [5.74, 6) is 0. The van der Waals surface area contributed by atoms with E-state index in [-0.39, 0.29) is 10.6 Å². The van der Waals surface area contributed by atoms with Crippen LogP contribution in [-0.2, 0) is 10.0 Å². The van der Waals surface area contributed by atoms with Gasteiger partial charge in [-0.25, -0.2) is 13.4 Å². The Labute approximate surface area is 94.3 Å². The smallest absolute Gasteiger partial charge is 0.255 e. The maximum atomic E-state index is 11.7. The molecule has 16 heavy (non-hydrogen) atoms. The number of hydrogen-bond acceptors (Lipinski definition) is 5. The molecule has 0 aromatic heterocycles.